The van der Waals surface area contributed by atoms with Crippen molar-refractivity contribution in [1.29, 1.82) is 0 Å². The Morgan fingerprint density at radius 2 is 1.42 bits per heavy atom. The molecular formula is C31H24N2. The summed E-state index contributed by atoms with van der Waals surface area (Å²) in [7, 11) is 0. The minimum atomic E-state index is 1.06. The lowest BCUT2D eigenvalue weighted by Gasteiger charge is -2.09. The highest BCUT2D eigenvalue weighted by molar-refractivity contribution is 6.12. The summed E-state index contributed by atoms with van der Waals surface area (Å²) >= 11 is 0. The van der Waals surface area contributed by atoms with Crippen molar-refractivity contribution in [3.05, 3.63) is 116 Å². The summed E-state index contributed by atoms with van der Waals surface area (Å²) in [6.45, 7) is 6.12. The molecule has 33 heavy (non-hydrogen) atoms. The summed E-state index contributed by atoms with van der Waals surface area (Å²) in [5.41, 5.74) is 8.18. The Labute approximate surface area is 192 Å². The van der Waals surface area contributed by atoms with Crippen molar-refractivity contribution < 1.29 is 0 Å². The van der Waals surface area contributed by atoms with Gasteiger partial charge in [0.15, 0.2) is 0 Å². The highest BCUT2D eigenvalue weighted by Gasteiger charge is 2.14. The van der Waals surface area contributed by atoms with Crippen molar-refractivity contribution in [3.8, 4) is 11.1 Å². The summed E-state index contributed by atoms with van der Waals surface area (Å²) in [4.78, 5) is 3.53. The van der Waals surface area contributed by atoms with Crippen molar-refractivity contribution >= 4 is 49.3 Å². The highest BCUT2D eigenvalue weighted by atomic mass is 15.0. The zero-order chi connectivity index (χ0) is 22.4. The maximum atomic E-state index is 4.09. The van der Waals surface area contributed by atoms with Crippen LogP contribution in [-0.2, 0) is 0 Å². The molecule has 0 aliphatic carbocycles. The molecule has 0 spiro atoms. The van der Waals surface area contributed by atoms with Crippen molar-refractivity contribution in [2.75, 3.05) is 0 Å². The molecule has 4 aromatic carbocycles. The molecule has 0 saturated heterocycles. The van der Waals surface area contributed by atoms with Gasteiger partial charge in [0.05, 0.1) is 11.0 Å². The monoisotopic (exact) mass is 424 g/mol. The van der Waals surface area contributed by atoms with E-state index in [9.17, 15) is 0 Å². The van der Waals surface area contributed by atoms with Gasteiger partial charge in [0.2, 0.25) is 0 Å². The van der Waals surface area contributed by atoms with Crippen LogP contribution < -0.4 is 0 Å². The molecule has 0 fully saturated rings. The summed E-state index contributed by atoms with van der Waals surface area (Å²) in [5, 5.41) is 5.01. The third kappa shape index (κ3) is 3.03. The van der Waals surface area contributed by atoms with Gasteiger partial charge in [-0.25, -0.2) is 0 Å². The van der Waals surface area contributed by atoms with Gasteiger partial charge in [0, 0.05) is 38.3 Å². The third-order valence-electron chi connectivity index (χ3n) is 6.44. The number of rotatable bonds is 4. The number of allylic oxidation sites excluding steroid dienone is 5. The Bertz CT molecular complexity index is 1740. The molecule has 0 amide bonds. The van der Waals surface area contributed by atoms with E-state index < -0.39 is 0 Å². The van der Waals surface area contributed by atoms with E-state index in [1.165, 1.54) is 54.7 Å². The number of fused-ring (bicyclic) bond motifs is 6. The Morgan fingerprint density at radius 3 is 2.27 bits per heavy atom. The molecule has 6 rings (SSSR count). The van der Waals surface area contributed by atoms with Gasteiger partial charge in [-0.2, -0.15) is 0 Å². The van der Waals surface area contributed by atoms with Crippen LogP contribution in [0.15, 0.2) is 116 Å². The minimum absolute atomic E-state index is 1.06. The number of nitrogens with one attached hydrogen (secondary N) is 1. The van der Waals surface area contributed by atoms with Crippen LogP contribution in [0.1, 0.15) is 6.92 Å². The van der Waals surface area contributed by atoms with Crippen molar-refractivity contribution in [2.24, 2.45) is 0 Å². The van der Waals surface area contributed by atoms with E-state index in [1.807, 2.05) is 19.1 Å². The largest absolute Gasteiger partial charge is 0.355 e. The smallest absolute Gasteiger partial charge is 0.0547 e. The molecule has 0 atom stereocenters. The maximum absolute atomic E-state index is 4.09. The topological polar surface area (TPSA) is 20.7 Å². The Hall–Kier alpha value is -4.30. The Balaban J connectivity index is 1.62. The second-order valence-corrected chi connectivity index (χ2v) is 8.34. The highest BCUT2D eigenvalue weighted by Crippen LogP contribution is 2.36. The van der Waals surface area contributed by atoms with Crippen LogP contribution in [0, 0.1) is 0 Å². The van der Waals surface area contributed by atoms with E-state index >= 15 is 0 Å². The molecule has 158 valence electrons. The fourth-order valence-electron chi connectivity index (χ4n) is 4.88. The van der Waals surface area contributed by atoms with Gasteiger partial charge < -0.3 is 9.55 Å². The zero-order valence-corrected chi connectivity index (χ0v) is 18.5. The first-order chi connectivity index (χ1) is 16.3. The quantitative estimate of drug-likeness (QED) is 0.273. The first-order valence-corrected chi connectivity index (χ1v) is 11.3. The fourth-order valence-corrected chi connectivity index (χ4v) is 4.88. The average Bonchev–Trinajstić information content (AvgIpc) is 3.40. The number of aromatic amines is 1. The predicted octanol–water partition coefficient (Wildman–Crippen LogP) is 8.70. The number of aromatic nitrogens is 2. The lowest BCUT2D eigenvalue weighted by atomic mass is 10.0. The van der Waals surface area contributed by atoms with Crippen molar-refractivity contribution in [1.82, 2.24) is 9.55 Å². The Morgan fingerprint density at radius 1 is 0.727 bits per heavy atom. The molecule has 1 N–H and O–H groups in total. The summed E-state index contributed by atoms with van der Waals surface area (Å²) in [6.07, 6.45) is 8.14. The molecule has 0 bridgehead atoms. The first-order valence-electron chi connectivity index (χ1n) is 11.3. The van der Waals surface area contributed by atoms with Crippen LogP contribution in [0.5, 0.6) is 0 Å². The van der Waals surface area contributed by atoms with Gasteiger partial charge in [-0.1, -0.05) is 73.3 Å². The lowest BCUT2D eigenvalue weighted by molar-refractivity contribution is 1.24. The molecule has 0 aliphatic rings. The maximum Gasteiger partial charge on any atom is 0.0547 e. The zero-order valence-electron chi connectivity index (χ0n) is 18.5. The van der Waals surface area contributed by atoms with Crippen LogP contribution in [-0.4, -0.2) is 9.55 Å². The number of nitrogens with zero attached hydrogens (tertiary/aromatic N) is 1. The van der Waals surface area contributed by atoms with Gasteiger partial charge in [0.1, 0.15) is 0 Å². The first kappa shape index (κ1) is 19.4. The van der Waals surface area contributed by atoms with Gasteiger partial charge in [-0.15, -0.1) is 0 Å². The van der Waals surface area contributed by atoms with E-state index in [2.05, 4.69) is 113 Å². The van der Waals surface area contributed by atoms with Gasteiger partial charge >= 0.3 is 0 Å². The van der Waals surface area contributed by atoms with E-state index in [4.69, 9.17) is 0 Å². The molecule has 0 saturated carbocycles. The van der Waals surface area contributed by atoms with E-state index in [-0.39, 0.29) is 0 Å². The number of H-pyrrole nitrogens is 1. The predicted molar refractivity (Wildman–Crippen MR) is 144 cm³/mol. The standard InChI is InChI=1S/C31H24N2/c1-3-5-10-23(4-2)33-30-14-9-7-12-25(30)26-17-15-22(20-31(26)33)21-16-18-29-27(19-21)24-11-6-8-13-28(24)32-29/h3-20,32H,2H2,1H3/b5-3-,23-10+. The van der Waals surface area contributed by atoms with E-state index in [1.54, 1.807) is 0 Å². The molecule has 2 aromatic heterocycles. The normalized spacial score (nSPS) is 12.6. The summed E-state index contributed by atoms with van der Waals surface area (Å²) in [6, 6.07) is 30.5. The molecule has 0 aliphatic heterocycles. The fraction of sp³-hybridized carbons (Fsp3) is 0.0323. The molecule has 6 aromatic rings. The van der Waals surface area contributed by atoms with E-state index in [0.29, 0.717) is 0 Å². The SMILES string of the molecule is C=C/C(=C\C=C/C)n1c2ccccc2c2ccc(-c3ccc4[nH]c5ccccc5c4c3)cc21. The van der Waals surface area contributed by atoms with Crippen molar-refractivity contribution in [3.63, 3.8) is 0 Å². The number of benzene rings is 4. The number of hydrogen-bond donors (Lipinski definition) is 1. The van der Waals surface area contributed by atoms with Gasteiger partial charge in [0.25, 0.3) is 0 Å². The molecule has 0 unspecified atom stereocenters. The molecule has 0 radical (unpaired) electrons. The van der Waals surface area contributed by atoms with Crippen molar-refractivity contribution in [2.45, 2.75) is 6.92 Å². The lowest BCUT2D eigenvalue weighted by Crippen LogP contribution is -1.94. The second kappa shape index (κ2) is 7.68. The molecular weight excluding hydrogens is 400 g/mol. The Kier molecular flexibility index (Phi) is 4.51. The minimum Gasteiger partial charge on any atom is -0.355 e. The van der Waals surface area contributed by atoms with Crippen LogP contribution in [0.2, 0.25) is 0 Å². The van der Waals surface area contributed by atoms with E-state index in [0.717, 1.165) is 5.70 Å². The summed E-state index contributed by atoms with van der Waals surface area (Å²) in [5.74, 6) is 0. The van der Waals surface area contributed by atoms with Crippen LogP contribution >= 0.6 is 0 Å². The second-order valence-electron chi connectivity index (χ2n) is 8.34. The number of hydrogen-bond acceptors (Lipinski definition) is 0. The van der Waals surface area contributed by atoms with Gasteiger partial charge in [-0.3, -0.25) is 0 Å². The van der Waals surface area contributed by atoms with Crippen LogP contribution in [0.25, 0.3) is 60.4 Å². The van der Waals surface area contributed by atoms with Gasteiger partial charge in [-0.05, 0) is 60.5 Å². The van der Waals surface area contributed by atoms with Crippen LogP contribution in [0.4, 0.5) is 0 Å². The average molecular weight is 425 g/mol. The molecule has 2 nitrogen and oxygen atoms in total. The number of para-hydroxylation sites is 2. The third-order valence-corrected chi connectivity index (χ3v) is 6.44. The molecule has 2 heterocycles. The molecule has 2 heteroatoms. The van der Waals surface area contributed by atoms with Crippen LogP contribution in [0.3, 0.4) is 0 Å². The summed E-state index contributed by atoms with van der Waals surface area (Å²) < 4.78 is 2.31.